The molecule has 1 N–H and O–H groups in total. The average molecular weight is 270 g/mol. The van der Waals surface area contributed by atoms with Crippen molar-refractivity contribution < 1.29 is 13.0 Å². The van der Waals surface area contributed by atoms with Gasteiger partial charge >= 0.3 is 0 Å². The summed E-state index contributed by atoms with van der Waals surface area (Å²) in [5.41, 5.74) is 1.64. The van der Waals surface area contributed by atoms with Crippen molar-refractivity contribution in [3.8, 4) is 0 Å². The first-order chi connectivity index (χ1) is 8.20. The smallest absolute Gasteiger partial charge is 0.282 e. The molecule has 0 heterocycles. The Morgan fingerprint density at radius 2 is 1.61 bits per heavy atom. The fraction of sp³-hybridized carbons (Fsp3) is 0.571. The van der Waals surface area contributed by atoms with Crippen LogP contribution in [0.15, 0.2) is 23.1 Å². The molecule has 1 aromatic rings. The van der Waals surface area contributed by atoms with Crippen LogP contribution in [-0.4, -0.2) is 13.0 Å². The third kappa shape index (κ3) is 4.42. The quantitative estimate of drug-likeness (QED) is 0.835. The van der Waals surface area contributed by atoms with Crippen molar-refractivity contribution in [2.75, 3.05) is 0 Å². The first-order valence-corrected chi connectivity index (χ1v) is 7.73. The Kier molecular flexibility index (Phi) is 4.93. The van der Waals surface area contributed by atoms with Gasteiger partial charge in [0.15, 0.2) is 0 Å². The fourth-order valence-electron chi connectivity index (χ4n) is 2.05. The fourth-order valence-corrected chi connectivity index (χ4v) is 2.83. The predicted molar refractivity (Wildman–Crippen MR) is 73.3 cm³/mol. The van der Waals surface area contributed by atoms with Crippen molar-refractivity contribution in [1.29, 1.82) is 0 Å². The molecule has 0 radical (unpaired) electrons. The Bertz CT molecular complexity index is 502. The van der Waals surface area contributed by atoms with E-state index in [2.05, 4.69) is 13.8 Å². The van der Waals surface area contributed by atoms with Crippen LogP contribution < -0.4 is 0 Å². The monoisotopic (exact) mass is 270 g/mol. The van der Waals surface area contributed by atoms with E-state index in [-0.39, 0.29) is 4.90 Å². The first kappa shape index (κ1) is 15.2. The number of rotatable bonds is 5. The second kappa shape index (κ2) is 5.85. The van der Waals surface area contributed by atoms with Gasteiger partial charge in [-0.1, -0.05) is 39.8 Å². The van der Waals surface area contributed by atoms with Gasteiger partial charge < -0.3 is 0 Å². The standard InChI is InChI=1S/C14H22O3S/c1-10(2)7-12-5-6-13(8-11(3)4)14(9-12)18(15,16)17/h5-6,9-11H,7-8H2,1-4H3,(H,15,16,17). The second-order valence-electron chi connectivity index (χ2n) is 5.61. The lowest BCUT2D eigenvalue weighted by Crippen LogP contribution is -2.07. The molecule has 0 saturated carbocycles. The van der Waals surface area contributed by atoms with Crippen LogP contribution in [0, 0.1) is 11.8 Å². The summed E-state index contributed by atoms with van der Waals surface area (Å²) in [6.07, 6.45) is 1.46. The molecular formula is C14H22O3S. The molecular weight excluding hydrogens is 248 g/mol. The summed E-state index contributed by atoms with van der Waals surface area (Å²) in [5.74, 6) is 0.802. The highest BCUT2D eigenvalue weighted by Crippen LogP contribution is 2.22. The zero-order valence-electron chi connectivity index (χ0n) is 11.5. The van der Waals surface area contributed by atoms with Crippen molar-refractivity contribution in [1.82, 2.24) is 0 Å². The largest absolute Gasteiger partial charge is 0.294 e. The summed E-state index contributed by atoms with van der Waals surface area (Å²) >= 11 is 0. The van der Waals surface area contributed by atoms with Gasteiger partial charge in [0.1, 0.15) is 0 Å². The normalized spacial score (nSPS) is 12.4. The summed E-state index contributed by atoms with van der Waals surface area (Å²) in [6, 6.07) is 5.38. The van der Waals surface area contributed by atoms with Crippen LogP contribution in [0.25, 0.3) is 0 Å². The topological polar surface area (TPSA) is 54.4 Å². The molecule has 0 aliphatic heterocycles. The van der Waals surface area contributed by atoms with Crippen molar-refractivity contribution in [2.24, 2.45) is 11.8 Å². The summed E-state index contributed by atoms with van der Waals surface area (Å²) in [6.45, 7) is 8.20. The molecule has 102 valence electrons. The second-order valence-corrected chi connectivity index (χ2v) is 7.00. The molecule has 0 fully saturated rings. The maximum absolute atomic E-state index is 11.4. The summed E-state index contributed by atoms with van der Waals surface area (Å²) in [5, 5.41) is 0. The first-order valence-electron chi connectivity index (χ1n) is 6.29. The zero-order chi connectivity index (χ0) is 13.9. The van der Waals surface area contributed by atoms with E-state index in [1.807, 2.05) is 26.0 Å². The minimum Gasteiger partial charge on any atom is -0.282 e. The van der Waals surface area contributed by atoms with Crippen LogP contribution in [0.3, 0.4) is 0 Å². The minimum absolute atomic E-state index is 0.0642. The Morgan fingerprint density at radius 1 is 1.06 bits per heavy atom. The Morgan fingerprint density at radius 3 is 2.06 bits per heavy atom. The average Bonchev–Trinajstić information content (AvgIpc) is 2.17. The van der Waals surface area contributed by atoms with E-state index in [0.29, 0.717) is 23.8 Å². The number of hydrogen-bond acceptors (Lipinski definition) is 2. The molecule has 0 aliphatic carbocycles. The van der Waals surface area contributed by atoms with E-state index < -0.39 is 10.1 Å². The zero-order valence-corrected chi connectivity index (χ0v) is 12.3. The van der Waals surface area contributed by atoms with Gasteiger partial charge in [-0.05, 0) is 41.9 Å². The predicted octanol–water partition coefficient (Wildman–Crippen LogP) is 3.33. The lowest BCUT2D eigenvalue weighted by molar-refractivity contribution is 0.480. The molecule has 3 nitrogen and oxygen atoms in total. The van der Waals surface area contributed by atoms with Gasteiger partial charge in [-0.3, -0.25) is 4.55 Å². The van der Waals surface area contributed by atoms with Gasteiger partial charge in [-0.2, -0.15) is 8.42 Å². The molecule has 4 heteroatoms. The highest BCUT2D eigenvalue weighted by molar-refractivity contribution is 7.85. The van der Waals surface area contributed by atoms with Crippen molar-refractivity contribution in [3.63, 3.8) is 0 Å². The van der Waals surface area contributed by atoms with Gasteiger partial charge in [0.05, 0.1) is 4.90 Å². The molecule has 0 aliphatic rings. The molecule has 0 amide bonds. The Labute approximate surface area is 110 Å². The highest BCUT2D eigenvalue weighted by atomic mass is 32.2. The van der Waals surface area contributed by atoms with Crippen molar-refractivity contribution in [2.45, 2.75) is 45.4 Å². The van der Waals surface area contributed by atoms with Crippen LogP contribution >= 0.6 is 0 Å². The number of benzene rings is 1. The molecule has 0 atom stereocenters. The van der Waals surface area contributed by atoms with Gasteiger partial charge in [-0.15, -0.1) is 0 Å². The lowest BCUT2D eigenvalue weighted by Gasteiger charge is -2.12. The van der Waals surface area contributed by atoms with E-state index in [0.717, 1.165) is 12.0 Å². The van der Waals surface area contributed by atoms with Gasteiger partial charge in [0, 0.05) is 0 Å². The van der Waals surface area contributed by atoms with Gasteiger partial charge in [0.2, 0.25) is 0 Å². The van der Waals surface area contributed by atoms with Crippen molar-refractivity contribution >= 4 is 10.1 Å². The van der Waals surface area contributed by atoms with E-state index in [1.165, 1.54) is 0 Å². The SMILES string of the molecule is CC(C)Cc1ccc(CC(C)C)c(S(=O)(=O)O)c1. The molecule has 1 rings (SSSR count). The van der Waals surface area contributed by atoms with Crippen LogP contribution in [0.5, 0.6) is 0 Å². The van der Waals surface area contributed by atoms with Crippen LogP contribution in [0.4, 0.5) is 0 Å². The van der Waals surface area contributed by atoms with Crippen LogP contribution in [0.1, 0.15) is 38.8 Å². The van der Waals surface area contributed by atoms with Crippen LogP contribution in [-0.2, 0) is 23.0 Å². The Balaban J connectivity index is 3.21. The van der Waals surface area contributed by atoms with Gasteiger partial charge in [0.25, 0.3) is 10.1 Å². The van der Waals surface area contributed by atoms with E-state index >= 15 is 0 Å². The molecule has 0 bridgehead atoms. The third-order valence-electron chi connectivity index (χ3n) is 2.68. The molecule has 18 heavy (non-hydrogen) atoms. The maximum Gasteiger partial charge on any atom is 0.294 e. The molecule has 1 aromatic carbocycles. The summed E-state index contributed by atoms with van der Waals surface area (Å²) < 4.78 is 32.2. The van der Waals surface area contributed by atoms with E-state index in [1.54, 1.807) is 6.07 Å². The van der Waals surface area contributed by atoms with Crippen LogP contribution in [0.2, 0.25) is 0 Å². The summed E-state index contributed by atoms with van der Waals surface area (Å²) in [4.78, 5) is 0.0642. The molecule has 0 unspecified atom stereocenters. The third-order valence-corrected chi connectivity index (χ3v) is 3.62. The Hall–Kier alpha value is -0.870. The number of hydrogen-bond donors (Lipinski definition) is 1. The van der Waals surface area contributed by atoms with Gasteiger partial charge in [-0.25, -0.2) is 0 Å². The summed E-state index contributed by atoms with van der Waals surface area (Å²) in [7, 11) is -4.14. The van der Waals surface area contributed by atoms with E-state index in [9.17, 15) is 13.0 Å². The maximum atomic E-state index is 11.4. The van der Waals surface area contributed by atoms with Crippen molar-refractivity contribution in [3.05, 3.63) is 29.3 Å². The lowest BCUT2D eigenvalue weighted by atomic mass is 9.98. The molecule has 0 aromatic heterocycles. The minimum atomic E-state index is -4.14. The highest BCUT2D eigenvalue weighted by Gasteiger charge is 2.17. The van der Waals surface area contributed by atoms with E-state index in [4.69, 9.17) is 0 Å². The molecule has 0 saturated heterocycles. The molecule has 0 spiro atoms.